The van der Waals surface area contributed by atoms with Crippen molar-refractivity contribution in [1.29, 1.82) is 0 Å². The normalized spacial score (nSPS) is 12.3. The van der Waals surface area contributed by atoms with Gasteiger partial charge in [-0.15, -0.1) is 0 Å². The maximum atomic E-state index is 13.9. The van der Waals surface area contributed by atoms with Crippen molar-refractivity contribution in [3.8, 4) is 5.75 Å². The minimum absolute atomic E-state index is 0.141. The van der Waals surface area contributed by atoms with Crippen LogP contribution in [0.25, 0.3) is 0 Å². The van der Waals surface area contributed by atoms with Crippen LogP contribution < -0.4 is 4.74 Å². The third-order valence-electron chi connectivity index (χ3n) is 3.86. The molecule has 2 aromatic carbocycles. The molecular weight excluding hydrogens is 379 g/mol. The molecule has 2 nitrogen and oxygen atoms in total. The van der Waals surface area contributed by atoms with Crippen LogP contribution in [0, 0.1) is 40.9 Å². The van der Waals surface area contributed by atoms with Crippen molar-refractivity contribution in [1.82, 2.24) is 0 Å². The number of esters is 1. The number of hydrogen-bond donors (Lipinski definition) is 0. The molecule has 2 aromatic rings. The van der Waals surface area contributed by atoms with Gasteiger partial charge in [0, 0.05) is 10.6 Å². The molecule has 0 amide bonds. The second-order valence-corrected chi connectivity index (χ2v) is 6.41. The molecule has 0 aromatic heterocycles. The molecule has 140 valence electrons. The Morgan fingerprint density at radius 1 is 0.923 bits per heavy atom. The van der Waals surface area contributed by atoms with Crippen molar-refractivity contribution in [3.05, 3.63) is 63.9 Å². The third-order valence-corrected chi connectivity index (χ3v) is 4.12. The van der Waals surface area contributed by atoms with Gasteiger partial charge in [-0.05, 0) is 36.6 Å². The number of benzene rings is 2. The van der Waals surface area contributed by atoms with Crippen LogP contribution in [0.4, 0.5) is 22.0 Å². The third kappa shape index (κ3) is 4.15. The Morgan fingerprint density at radius 2 is 1.38 bits per heavy atom. The number of carbonyl (C=O) groups excluding carboxylic acids is 1. The number of ether oxygens (including phenoxy) is 1. The van der Waals surface area contributed by atoms with Gasteiger partial charge in [-0.25, -0.2) is 22.0 Å². The van der Waals surface area contributed by atoms with E-state index in [0.717, 1.165) is 0 Å². The van der Waals surface area contributed by atoms with E-state index in [1.807, 2.05) is 0 Å². The number of rotatable bonds is 5. The van der Waals surface area contributed by atoms with E-state index in [-0.39, 0.29) is 5.75 Å². The Hall–Kier alpha value is -2.15. The van der Waals surface area contributed by atoms with E-state index in [1.54, 1.807) is 13.8 Å². The minimum Gasteiger partial charge on any atom is -0.426 e. The molecule has 1 atom stereocenters. The molecule has 0 spiro atoms. The summed E-state index contributed by atoms with van der Waals surface area (Å²) in [6, 6.07) is 5.77. The molecule has 0 fully saturated rings. The van der Waals surface area contributed by atoms with Gasteiger partial charge in [0.1, 0.15) is 5.75 Å². The van der Waals surface area contributed by atoms with E-state index in [9.17, 15) is 26.7 Å². The van der Waals surface area contributed by atoms with Crippen LogP contribution in [0.5, 0.6) is 5.75 Å². The van der Waals surface area contributed by atoms with Crippen molar-refractivity contribution in [2.45, 2.75) is 20.3 Å². The molecule has 0 aliphatic heterocycles. The molecular formula is C18H14ClF5O2. The van der Waals surface area contributed by atoms with E-state index in [0.29, 0.717) is 5.02 Å². The zero-order valence-corrected chi connectivity index (χ0v) is 14.5. The van der Waals surface area contributed by atoms with Crippen LogP contribution in [0.2, 0.25) is 5.02 Å². The van der Waals surface area contributed by atoms with Crippen LogP contribution in [0.1, 0.15) is 19.4 Å². The Kier molecular flexibility index (Phi) is 6.23. The highest BCUT2D eigenvalue weighted by Crippen LogP contribution is 2.28. The fraction of sp³-hybridized carbons (Fsp3) is 0.278. The molecule has 2 rings (SSSR count). The summed E-state index contributed by atoms with van der Waals surface area (Å²) in [5, 5.41) is 0.409. The summed E-state index contributed by atoms with van der Waals surface area (Å²) in [7, 11) is 0. The molecule has 0 heterocycles. The van der Waals surface area contributed by atoms with Gasteiger partial charge in [0.05, 0.1) is 5.92 Å². The first kappa shape index (κ1) is 20.2. The van der Waals surface area contributed by atoms with Crippen LogP contribution in [0.3, 0.4) is 0 Å². The largest absolute Gasteiger partial charge is 0.426 e. The standard InChI is InChI=1S/C18H14ClF5O2/c1-8(2)11(18(25)26-10-5-3-9(19)4-6-10)7-12-13(20)15(22)17(24)16(23)14(12)21/h3-6,8,11H,7H2,1-2H3. The van der Waals surface area contributed by atoms with Gasteiger partial charge in [-0.3, -0.25) is 4.79 Å². The van der Waals surface area contributed by atoms with Crippen LogP contribution >= 0.6 is 11.6 Å². The van der Waals surface area contributed by atoms with Gasteiger partial charge in [-0.1, -0.05) is 25.4 Å². The lowest BCUT2D eigenvalue weighted by molar-refractivity contribution is -0.140. The summed E-state index contributed by atoms with van der Waals surface area (Å²) in [6.07, 6.45) is -0.699. The average molecular weight is 393 g/mol. The first-order valence-electron chi connectivity index (χ1n) is 7.61. The summed E-state index contributed by atoms with van der Waals surface area (Å²) in [6.45, 7) is 3.14. The van der Waals surface area contributed by atoms with E-state index < -0.39 is 58.9 Å². The van der Waals surface area contributed by atoms with E-state index >= 15 is 0 Å². The fourth-order valence-corrected chi connectivity index (χ4v) is 2.46. The molecule has 1 unspecified atom stereocenters. The minimum atomic E-state index is -2.24. The number of hydrogen-bond acceptors (Lipinski definition) is 2. The predicted molar refractivity (Wildman–Crippen MR) is 85.4 cm³/mol. The monoisotopic (exact) mass is 392 g/mol. The number of carbonyl (C=O) groups is 1. The highest BCUT2D eigenvalue weighted by atomic mass is 35.5. The molecule has 0 bridgehead atoms. The summed E-state index contributed by atoms with van der Waals surface area (Å²) >= 11 is 5.72. The average Bonchev–Trinajstić information content (AvgIpc) is 2.60. The van der Waals surface area contributed by atoms with Crippen molar-refractivity contribution in [2.24, 2.45) is 11.8 Å². The van der Waals surface area contributed by atoms with Crippen molar-refractivity contribution < 1.29 is 31.5 Å². The lowest BCUT2D eigenvalue weighted by Gasteiger charge is -2.20. The summed E-state index contributed by atoms with van der Waals surface area (Å²) in [5.41, 5.74) is -1.05. The fourth-order valence-electron chi connectivity index (χ4n) is 2.34. The van der Waals surface area contributed by atoms with Gasteiger partial charge in [0.15, 0.2) is 23.3 Å². The molecule has 0 saturated heterocycles. The zero-order chi connectivity index (χ0) is 19.6. The van der Waals surface area contributed by atoms with Gasteiger partial charge in [-0.2, -0.15) is 0 Å². The predicted octanol–water partition coefficient (Wildman–Crippen LogP) is 5.46. The molecule has 0 saturated carbocycles. The van der Waals surface area contributed by atoms with E-state index in [1.165, 1.54) is 24.3 Å². The molecule has 0 aliphatic rings. The quantitative estimate of drug-likeness (QED) is 0.222. The maximum absolute atomic E-state index is 13.9. The van der Waals surface area contributed by atoms with Gasteiger partial charge >= 0.3 is 5.97 Å². The van der Waals surface area contributed by atoms with Crippen molar-refractivity contribution >= 4 is 17.6 Å². The van der Waals surface area contributed by atoms with E-state index in [2.05, 4.69) is 0 Å². The molecule has 8 heteroatoms. The zero-order valence-electron chi connectivity index (χ0n) is 13.8. The lowest BCUT2D eigenvalue weighted by atomic mass is 9.88. The second kappa shape index (κ2) is 8.03. The Bertz CT molecular complexity index is 792. The van der Waals surface area contributed by atoms with Gasteiger partial charge in [0.25, 0.3) is 0 Å². The Balaban J connectivity index is 2.31. The summed E-state index contributed by atoms with van der Waals surface area (Å²) < 4.78 is 72.7. The number of halogens is 6. The topological polar surface area (TPSA) is 26.3 Å². The van der Waals surface area contributed by atoms with Crippen LogP contribution in [-0.2, 0) is 11.2 Å². The SMILES string of the molecule is CC(C)C(Cc1c(F)c(F)c(F)c(F)c1F)C(=O)Oc1ccc(Cl)cc1. The first-order chi connectivity index (χ1) is 12.1. The summed E-state index contributed by atoms with van der Waals surface area (Å²) in [5.74, 6) is -12.6. The highest BCUT2D eigenvalue weighted by molar-refractivity contribution is 6.30. The van der Waals surface area contributed by atoms with Crippen LogP contribution in [0.15, 0.2) is 24.3 Å². The molecule has 0 N–H and O–H groups in total. The molecule has 0 aliphatic carbocycles. The van der Waals surface area contributed by atoms with Crippen LogP contribution in [-0.4, -0.2) is 5.97 Å². The smallest absolute Gasteiger partial charge is 0.314 e. The van der Waals surface area contributed by atoms with Crippen molar-refractivity contribution in [2.75, 3.05) is 0 Å². The second-order valence-electron chi connectivity index (χ2n) is 5.98. The van der Waals surface area contributed by atoms with E-state index in [4.69, 9.17) is 16.3 Å². The molecule has 0 radical (unpaired) electrons. The highest BCUT2D eigenvalue weighted by Gasteiger charge is 2.31. The Morgan fingerprint density at radius 3 is 1.85 bits per heavy atom. The first-order valence-corrected chi connectivity index (χ1v) is 7.98. The van der Waals surface area contributed by atoms with Crippen molar-refractivity contribution in [3.63, 3.8) is 0 Å². The van der Waals surface area contributed by atoms with Gasteiger partial charge < -0.3 is 4.74 Å². The van der Waals surface area contributed by atoms with Gasteiger partial charge in [0.2, 0.25) is 5.82 Å². The Labute approximate surface area is 151 Å². The maximum Gasteiger partial charge on any atom is 0.314 e. The lowest BCUT2D eigenvalue weighted by Crippen LogP contribution is -2.28. The summed E-state index contributed by atoms with van der Waals surface area (Å²) in [4.78, 5) is 12.3. The molecule has 26 heavy (non-hydrogen) atoms.